The average Bonchev–Trinajstić information content (AvgIpc) is 2.52. The van der Waals surface area contributed by atoms with Crippen molar-refractivity contribution in [1.29, 1.82) is 0 Å². The number of halogens is 1. The first-order valence-corrected chi connectivity index (χ1v) is 7.23. The third kappa shape index (κ3) is 2.46. The van der Waals surface area contributed by atoms with Gasteiger partial charge in [0, 0.05) is 31.9 Å². The Morgan fingerprint density at radius 3 is 2.77 bits per heavy atom. The Bertz CT molecular complexity index is 816. The fourth-order valence-corrected chi connectivity index (χ4v) is 2.71. The molecular formula is C15H15ClN4O2. The van der Waals surface area contributed by atoms with Crippen LogP contribution in [0.3, 0.4) is 0 Å². The van der Waals surface area contributed by atoms with E-state index in [4.69, 9.17) is 11.6 Å². The van der Waals surface area contributed by atoms with Crippen molar-refractivity contribution in [2.45, 2.75) is 12.8 Å². The van der Waals surface area contributed by atoms with Crippen molar-refractivity contribution < 1.29 is 4.79 Å². The molecule has 1 aliphatic heterocycles. The number of nitrogens with one attached hydrogen (secondary N) is 1. The lowest BCUT2D eigenvalue weighted by Gasteiger charge is -2.26. The Labute approximate surface area is 132 Å². The minimum atomic E-state index is -0.352. The highest BCUT2D eigenvalue weighted by Crippen LogP contribution is 2.31. The van der Waals surface area contributed by atoms with E-state index in [2.05, 4.69) is 10.4 Å². The Morgan fingerprint density at radius 1 is 1.23 bits per heavy atom. The predicted octanol–water partition coefficient (Wildman–Crippen LogP) is 2.09. The molecule has 0 radical (unpaired) electrons. The van der Waals surface area contributed by atoms with Gasteiger partial charge < -0.3 is 10.2 Å². The molecule has 1 aromatic heterocycles. The highest BCUT2D eigenvalue weighted by molar-refractivity contribution is 6.33. The summed E-state index contributed by atoms with van der Waals surface area (Å²) in [7, 11) is 3.32. The molecule has 0 fully saturated rings. The first-order chi connectivity index (χ1) is 10.5. The Balaban J connectivity index is 1.93. The number of amides is 1. The zero-order valence-electron chi connectivity index (χ0n) is 12.3. The SMILES string of the molecule is CN1C(=O)CCc2cc(Nc3cnn(C)c(=O)c3Cl)ccc21. The van der Waals surface area contributed by atoms with Crippen LogP contribution >= 0.6 is 11.6 Å². The standard InChI is InChI=1S/C15H15ClN4O2/c1-19-12-5-4-10(7-9(12)3-6-13(19)21)18-11-8-17-20(2)15(22)14(11)16/h4-5,7-8,18H,3,6H2,1-2H3. The van der Waals surface area contributed by atoms with Gasteiger partial charge in [0.15, 0.2) is 0 Å². The predicted molar refractivity (Wildman–Crippen MR) is 85.9 cm³/mol. The van der Waals surface area contributed by atoms with E-state index < -0.39 is 0 Å². The quantitative estimate of drug-likeness (QED) is 0.920. The maximum Gasteiger partial charge on any atom is 0.287 e. The van der Waals surface area contributed by atoms with E-state index in [0.29, 0.717) is 18.5 Å². The van der Waals surface area contributed by atoms with Gasteiger partial charge in [0.05, 0.1) is 11.9 Å². The highest BCUT2D eigenvalue weighted by atomic mass is 35.5. The summed E-state index contributed by atoms with van der Waals surface area (Å²) in [6, 6.07) is 5.70. The molecule has 114 valence electrons. The monoisotopic (exact) mass is 318 g/mol. The van der Waals surface area contributed by atoms with Gasteiger partial charge in [-0.3, -0.25) is 9.59 Å². The van der Waals surface area contributed by atoms with Crippen molar-refractivity contribution in [3.63, 3.8) is 0 Å². The number of benzene rings is 1. The normalized spacial score (nSPS) is 14.0. The molecule has 1 amide bonds. The molecule has 7 heteroatoms. The summed E-state index contributed by atoms with van der Waals surface area (Å²) in [5.74, 6) is 0.118. The second kappa shape index (κ2) is 5.46. The van der Waals surface area contributed by atoms with Gasteiger partial charge in [-0.2, -0.15) is 5.10 Å². The molecule has 0 spiro atoms. The van der Waals surface area contributed by atoms with Crippen LogP contribution in [-0.4, -0.2) is 22.7 Å². The molecule has 0 saturated carbocycles. The van der Waals surface area contributed by atoms with E-state index in [1.54, 1.807) is 19.0 Å². The summed E-state index contributed by atoms with van der Waals surface area (Å²) in [5.41, 5.74) is 2.91. The number of anilines is 3. The van der Waals surface area contributed by atoms with Crippen LogP contribution in [-0.2, 0) is 18.3 Å². The molecule has 22 heavy (non-hydrogen) atoms. The number of aromatic nitrogens is 2. The lowest BCUT2D eigenvalue weighted by molar-refractivity contribution is -0.118. The molecule has 2 heterocycles. The van der Waals surface area contributed by atoms with Crippen LogP contribution in [0.4, 0.5) is 17.1 Å². The number of nitrogens with zero attached hydrogens (tertiary/aromatic N) is 3. The summed E-state index contributed by atoms with van der Waals surface area (Å²) in [4.78, 5) is 25.1. The second-order valence-electron chi connectivity index (χ2n) is 5.22. The molecular weight excluding hydrogens is 304 g/mol. The minimum absolute atomic E-state index is 0.0996. The zero-order chi connectivity index (χ0) is 15.9. The lowest BCUT2D eigenvalue weighted by atomic mass is 10.0. The van der Waals surface area contributed by atoms with Gasteiger partial charge in [-0.15, -0.1) is 0 Å². The van der Waals surface area contributed by atoms with E-state index in [1.807, 2.05) is 18.2 Å². The largest absolute Gasteiger partial charge is 0.353 e. The smallest absolute Gasteiger partial charge is 0.287 e. The molecule has 6 nitrogen and oxygen atoms in total. The second-order valence-corrected chi connectivity index (χ2v) is 5.60. The van der Waals surface area contributed by atoms with Crippen molar-refractivity contribution >= 4 is 34.6 Å². The highest BCUT2D eigenvalue weighted by Gasteiger charge is 2.21. The number of carbonyl (C=O) groups is 1. The lowest BCUT2D eigenvalue weighted by Crippen LogP contribution is -2.31. The number of rotatable bonds is 2. The molecule has 3 rings (SSSR count). The molecule has 0 bridgehead atoms. The first-order valence-electron chi connectivity index (χ1n) is 6.85. The number of aryl methyl sites for hydroxylation is 2. The fraction of sp³-hybridized carbons (Fsp3) is 0.267. The van der Waals surface area contributed by atoms with Crippen LogP contribution in [0.15, 0.2) is 29.2 Å². The minimum Gasteiger partial charge on any atom is -0.353 e. The average molecular weight is 319 g/mol. The summed E-state index contributed by atoms with van der Waals surface area (Å²) in [6.07, 6.45) is 2.72. The Morgan fingerprint density at radius 2 is 2.00 bits per heavy atom. The van der Waals surface area contributed by atoms with Gasteiger partial charge in [-0.25, -0.2) is 4.68 Å². The molecule has 2 aromatic rings. The third-order valence-electron chi connectivity index (χ3n) is 3.78. The van der Waals surface area contributed by atoms with Crippen LogP contribution in [0, 0.1) is 0 Å². The van der Waals surface area contributed by atoms with Crippen molar-refractivity contribution in [3.05, 3.63) is 45.3 Å². The van der Waals surface area contributed by atoms with Crippen LogP contribution in [0.25, 0.3) is 0 Å². The van der Waals surface area contributed by atoms with Crippen molar-refractivity contribution in [2.24, 2.45) is 7.05 Å². The maximum atomic E-state index is 11.8. The molecule has 0 saturated heterocycles. The fourth-order valence-electron chi connectivity index (χ4n) is 2.49. The number of fused-ring (bicyclic) bond motifs is 1. The van der Waals surface area contributed by atoms with E-state index in [1.165, 1.54) is 10.9 Å². The van der Waals surface area contributed by atoms with E-state index in [-0.39, 0.29) is 16.5 Å². The Hall–Kier alpha value is -2.34. The van der Waals surface area contributed by atoms with Gasteiger partial charge in [0.25, 0.3) is 5.56 Å². The van der Waals surface area contributed by atoms with Crippen LogP contribution in [0.1, 0.15) is 12.0 Å². The third-order valence-corrected chi connectivity index (χ3v) is 4.15. The Kier molecular flexibility index (Phi) is 3.62. The number of hydrogen-bond donors (Lipinski definition) is 1. The van der Waals surface area contributed by atoms with Crippen LogP contribution in [0.2, 0.25) is 5.02 Å². The summed E-state index contributed by atoms with van der Waals surface area (Å²) in [5, 5.41) is 7.15. The number of hydrogen-bond acceptors (Lipinski definition) is 4. The number of carbonyl (C=O) groups excluding carboxylic acids is 1. The van der Waals surface area contributed by atoms with Gasteiger partial charge in [-0.05, 0) is 30.2 Å². The summed E-state index contributed by atoms with van der Waals surface area (Å²) in [6.45, 7) is 0. The van der Waals surface area contributed by atoms with Crippen molar-refractivity contribution in [2.75, 3.05) is 17.3 Å². The van der Waals surface area contributed by atoms with Crippen LogP contribution in [0.5, 0.6) is 0 Å². The van der Waals surface area contributed by atoms with E-state index in [0.717, 1.165) is 16.9 Å². The van der Waals surface area contributed by atoms with Gasteiger partial charge >= 0.3 is 0 Å². The molecule has 0 aliphatic carbocycles. The van der Waals surface area contributed by atoms with Gasteiger partial charge in [-0.1, -0.05) is 11.6 Å². The van der Waals surface area contributed by atoms with Gasteiger partial charge in [0.1, 0.15) is 5.02 Å². The molecule has 0 atom stereocenters. The molecule has 1 aliphatic rings. The van der Waals surface area contributed by atoms with Crippen LogP contribution < -0.4 is 15.8 Å². The molecule has 1 aromatic carbocycles. The topological polar surface area (TPSA) is 67.2 Å². The molecule has 0 unspecified atom stereocenters. The maximum absolute atomic E-state index is 11.8. The van der Waals surface area contributed by atoms with E-state index >= 15 is 0 Å². The first kappa shape index (κ1) is 14.6. The molecule has 1 N–H and O–H groups in total. The zero-order valence-corrected chi connectivity index (χ0v) is 13.0. The van der Waals surface area contributed by atoms with Crippen molar-refractivity contribution in [3.8, 4) is 0 Å². The van der Waals surface area contributed by atoms with Gasteiger partial charge in [0.2, 0.25) is 5.91 Å². The summed E-state index contributed by atoms with van der Waals surface area (Å²) >= 11 is 6.05. The van der Waals surface area contributed by atoms with E-state index in [9.17, 15) is 9.59 Å². The van der Waals surface area contributed by atoms with Crippen molar-refractivity contribution in [1.82, 2.24) is 9.78 Å². The summed E-state index contributed by atoms with van der Waals surface area (Å²) < 4.78 is 1.18.